The Balaban J connectivity index is 0. The number of benzene rings is 1. The van der Waals surface area contributed by atoms with Crippen molar-refractivity contribution < 1.29 is 21.1 Å². The van der Waals surface area contributed by atoms with Crippen LogP contribution in [0, 0.1) is 0 Å². The van der Waals surface area contributed by atoms with Crippen molar-refractivity contribution in [2.45, 2.75) is 0 Å². The minimum absolute atomic E-state index is 0. The standard InChI is InChI=1S/C6H6.Ni.HOP/c1-2-4-6-5-3-1;;1-2/h1-6H;;2H. The second-order valence-corrected chi connectivity index (χ2v) is 1.15. The molecule has 0 heterocycles. The molecule has 0 aliphatic heterocycles. The first-order valence-corrected chi connectivity index (χ1v) is 2.61. The van der Waals surface area contributed by atoms with Crippen LogP contribution in [-0.4, -0.2) is 0 Å². The monoisotopic (exact) mass is 184 g/mol. The molecule has 0 radical (unpaired) electrons. The van der Waals surface area contributed by atoms with Crippen LogP contribution >= 0.6 is 9.12 Å². The van der Waals surface area contributed by atoms with E-state index in [1.165, 1.54) is 0 Å². The van der Waals surface area contributed by atoms with E-state index >= 15 is 0 Å². The number of rotatable bonds is 0. The quantitative estimate of drug-likeness (QED) is 0.446. The van der Waals surface area contributed by atoms with E-state index in [1.54, 1.807) is 9.12 Å². The molecule has 0 amide bonds. The van der Waals surface area contributed by atoms with Crippen LogP contribution in [0.3, 0.4) is 0 Å². The summed E-state index contributed by atoms with van der Waals surface area (Å²) in [7, 11) is 1.72. The molecule has 0 aliphatic rings. The second kappa shape index (κ2) is 10.7. The maximum atomic E-state index is 8.06. The van der Waals surface area contributed by atoms with E-state index in [-0.39, 0.29) is 16.5 Å². The van der Waals surface area contributed by atoms with Gasteiger partial charge in [-0.05, 0) is 0 Å². The van der Waals surface area contributed by atoms with E-state index in [0.29, 0.717) is 0 Å². The molecule has 0 saturated carbocycles. The summed E-state index contributed by atoms with van der Waals surface area (Å²) in [5.41, 5.74) is 0. The maximum Gasteiger partial charge on any atom is 0.138 e. The fourth-order valence-corrected chi connectivity index (χ4v) is 0.385. The molecule has 0 aromatic heterocycles. The minimum Gasteiger partial charge on any atom is -0.279 e. The predicted molar refractivity (Wildman–Crippen MR) is 35.4 cm³/mol. The van der Waals surface area contributed by atoms with E-state index in [0.717, 1.165) is 0 Å². The van der Waals surface area contributed by atoms with Crippen LogP contribution < -0.4 is 0 Å². The van der Waals surface area contributed by atoms with Crippen molar-refractivity contribution in [2.24, 2.45) is 0 Å². The zero-order valence-corrected chi connectivity index (χ0v) is 6.68. The molecular weight excluding hydrogens is 178 g/mol. The summed E-state index contributed by atoms with van der Waals surface area (Å²) in [6.45, 7) is 0. The third kappa shape index (κ3) is 7.81. The van der Waals surface area contributed by atoms with Gasteiger partial charge in [-0.2, -0.15) is 0 Å². The molecule has 9 heavy (non-hydrogen) atoms. The molecule has 1 nitrogen and oxygen atoms in total. The Labute approximate surface area is 67.0 Å². The van der Waals surface area contributed by atoms with Gasteiger partial charge in [0.1, 0.15) is 9.12 Å². The van der Waals surface area contributed by atoms with Gasteiger partial charge in [-0.3, -0.25) is 4.57 Å². The van der Waals surface area contributed by atoms with Crippen LogP contribution in [0.4, 0.5) is 0 Å². The van der Waals surface area contributed by atoms with Gasteiger partial charge in [0.25, 0.3) is 0 Å². The Morgan fingerprint density at radius 3 is 0.889 bits per heavy atom. The summed E-state index contributed by atoms with van der Waals surface area (Å²) in [6, 6.07) is 12.0. The van der Waals surface area contributed by atoms with Crippen molar-refractivity contribution in [1.29, 1.82) is 0 Å². The molecule has 0 spiro atoms. The first-order valence-electron chi connectivity index (χ1n) is 2.20. The van der Waals surface area contributed by atoms with Crippen molar-refractivity contribution in [1.82, 2.24) is 0 Å². The Morgan fingerprint density at radius 1 is 0.667 bits per heavy atom. The predicted octanol–water partition coefficient (Wildman–Crippen LogP) is 2.16. The summed E-state index contributed by atoms with van der Waals surface area (Å²) < 4.78 is 8.06. The molecule has 0 saturated heterocycles. The molecular formula is C6H7NiOP. The first kappa shape index (κ1) is 11.6. The van der Waals surface area contributed by atoms with Gasteiger partial charge in [0.15, 0.2) is 0 Å². The molecule has 52 valence electrons. The molecule has 0 bridgehead atoms. The van der Waals surface area contributed by atoms with Crippen molar-refractivity contribution in [3.05, 3.63) is 36.4 Å². The van der Waals surface area contributed by atoms with Crippen LogP contribution in [0.5, 0.6) is 0 Å². The van der Waals surface area contributed by atoms with E-state index in [9.17, 15) is 0 Å². The van der Waals surface area contributed by atoms with Gasteiger partial charge in [-0.1, -0.05) is 36.4 Å². The third-order valence-electron chi connectivity index (χ3n) is 0.667. The summed E-state index contributed by atoms with van der Waals surface area (Å²) in [5, 5.41) is 0. The van der Waals surface area contributed by atoms with Gasteiger partial charge in [0.2, 0.25) is 0 Å². The molecule has 3 heteroatoms. The van der Waals surface area contributed by atoms with E-state index in [4.69, 9.17) is 4.57 Å². The van der Waals surface area contributed by atoms with Crippen molar-refractivity contribution in [3.63, 3.8) is 0 Å². The van der Waals surface area contributed by atoms with E-state index in [1.807, 2.05) is 36.4 Å². The first-order chi connectivity index (χ1) is 4.00. The Hall–Kier alpha value is -0.186. The van der Waals surface area contributed by atoms with Crippen LogP contribution in [0.15, 0.2) is 36.4 Å². The molecule has 0 fully saturated rings. The summed E-state index contributed by atoms with van der Waals surface area (Å²) in [6.07, 6.45) is 0. The largest absolute Gasteiger partial charge is 0.279 e. The number of hydrogen-bond donors (Lipinski definition) is 0. The summed E-state index contributed by atoms with van der Waals surface area (Å²) >= 11 is 0. The molecule has 0 unspecified atom stereocenters. The second-order valence-electron chi connectivity index (χ2n) is 1.15. The van der Waals surface area contributed by atoms with Crippen LogP contribution in [0.2, 0.25) is 0 Å². The van der Waals surface area contributed by atoms with Gasteiger partial charge < -0.3 is 0 Å². The molecule has 0 N–H and O–H groups in total. The van der Waals surface area contributed by atoms with Gasteiger partial charge >= 0.3 is 0 Å². The van der Waals surface area contributed by atoms with Crippen molar-refractivity contribution in [3.8, 4) is 0 Å². The van der Waals surface area contributed by atoms with Crippen molar-refractivity contribution in [2.75, 3.05) is 0 Å². The zero-order chi connectivity index (χ0) is 6.24. The van der Waals surface area contributed by atoms with Gasteiger partial charge in [0, 0.05) is 16.5 Å². The van der Waals surface area contributed by atoms with Crippen LogP contribution in [0.1, 0.15) is 0 Å². The maximum absolute atomic E-state index is 8.06. The van der Waals surface area contributed by atoms with Gasteiger partial charge in [-0.15, -0.1) is 0 Å². The zero-order valence-electron chi connectivity index (χ0n) is 4.69. The number of hydrogen-bond acceptors (Lipinski definition) is 1. The Kier molecular flexibility index (Phi) is 13.8. The van der Waals surface area contributed by atoms with Crippen LogP contribution in [0.25, 0.3) is 0 Å². The van der Waals surface area contributed by atoms with Crippen molar-refractivity contribution >= 4 is 9.12 Å². The molecule has 1 aromatic carbocycles. The molecule has 0 aliphatic carbocycles. The Bertz CT molecular complexity index is 95.9. The smallest absolute Gasteiger partial charge is 0.138 e. The van der Waals surface area contributed by atoms with Gasteiger partial charge in [-0.25, -0.2) is 0 Å². The fraction of sp³-hybridized carbons (Fsp3) is 0. The SMILES string of the molecule is O=P.[Ni].c1ccccc1. The fourth-order valence-electron chi connectivity index (χ4n) is 0.385. The minimum atomic E-state index is 0. The average Bonchev–Trinajstić information content (AvgIpc) is 1.96. The van der Waals surface area contributed by atoms with E-state index in [2.05, 4.69) is 0 Å². The molecule has 1 aromatic rings. The normalized spacial score (nSPS) is 5.78. The summed E-state index contributed by atoms with van der Waals surface area (Å²) in [5.74, 6) is 0. The topological polar surface area (TPSA) is 17.1 Å². The van der Waals surface area contributed by atoms with Crippen LogP contribution in [-0.2, 0) is 21.1 Å². The summed E-state index contributed by atoms with van der Waals surface area (Å²) in [4.78, 5) is 0. The van der Waals surface area contributed by atoms with Gasteiger partial charge in [0.05, 0.1) is 0 Å². The molecule has 1 rings (SSSR count). The molecule has 0 atom stereocenters. The third-order valence-corrected chi connectivity index (χ3v) is 0.667. The van der Waals surface area contributed by atoms with E-state index < -0.39 is 0 Å². The Morgan fingerprint density at radius 2 is 0.778 bits per heavy atom. The average molecular weight is 185 g/mol.